The zero-order chi connectivity index (χ0) is 14.7. The topological polar surface area (TPSA) is 76.2 Å². The van der Waals surface area contributed by atoms with Crippen LogP contribution in [0.15, 0.2) is 24.3 Å². The van der Waals surface area contributed by atoms with Gasteiger partial charge in [-0.15, -0.1) is 11.3 Å². The summed E-state index contributed by atoms with van der Waals surface area (Å²) >= 11 is 1.23. The second-order valence-electron chi connectivity index (χ2n) is 5.10. The molecule has 0 saturated heterocycles. The summed E-state index contributed by atoms with van der Waals surface area (Å²) in [5.41, 5.74) is 8.25. The zero-order valence-electron chi connectivity index (χ0n) is 11.6. The summed E-state index contributed by atoms with van der Waals surface area (Å²) in [7, 11) is 0. The van der Waals surface area contributed by atoms with E-state index in [1.54, 1.807) is 0 Å². The summed E-state index contributed by atoms with van der Waals surface area (Å²) in [6.45, 7) is 4.57. The SMILES string of the molecule is CC(C)Cc1nc(-c2cccc(CN)c2)sc1C(=O)O. The van der Waals surface area contributed by atoms with Crippen molar-refractivity contribution in [3.63, 3.8) is 0 Å². The van der Waals surface area contributed by atoms with E-state index in [2.05, 4.69) is 18.8 Å². The molecule has 0 saturated carbocycles. The Balaban J connectivity index is 2.44. The molecule has 0 amide bonds. The molecule has 1 aromatic heterocycles. The van der Waals surface area contributed by atoms with Crippen molar-refractivity contribution in [2.24, 2.45) is 11.7 Å². The molecule has 2 rings (SSSR count). The lowest BCUT2D eigenvalue weighted by atomic mass is 10.1. The molecule has 20 heavy (non-hydrogen) atoms. The summed E-state index contributed by atoms with van der Waals surface area (Å²) < 4.78 is 0. The molecule has 0 atom stereocenters. The van der Waals surface area contributed by atoms with E-state index in [1.165, 1.54) is 11.3 Å². The highest BCUT2D eigenvalue weighted by atomic mass is 32.1. The van der Waals surface area contributed by atoms with Gasteiger partial charge in [0.1, 0.15) is 9.88 Å². The fourth-order valence-electron chi connectivity index (χ4n) is 2.00. The monoisotopic (exact) mass is 290 g/mol. The van der Waals surface area contributed by atoms with Crippen molar-refractivity contribution < 1.29 is 9.90 Å². The van der Waals surface area contributed by atoms with Gasteiger partial charge in [0.15, 0.2) is 0 Å². The maximum absolute atomic E-state index is 11.3. The molecule has 0 bridgehead atoms. The molecule has 0 radical (unpaired) electrons. The molecule has 1 heterocycles. The van der Waals surface area contributed by atoms with E-state index >= 15 is 0 Å². The van der Waals surface area contributed by atoms with Crippen LogP contribution in [0.4, 0.5) is 0 Å². The quantitative estimate of drug-likeness (QED) is 0.886. The third kappa shape index (κ3) is 3.23. The molecule has 0 unspecified atom stereocenters. The van der Waals surface area contributed by atoms with Crippen LogP contribution in [0.3, 0.4) is 0 Å². The predicted octanol–water partition coefficient (Wildman–Crippen LogP) is 3.17. The Bertz CT molecular complexity index is 620. The highest BCUT2D eigenvalue weighted by Gasteiger charge is 2.18. The van der Waals surface area contributed by atoms with Crippen LogP contribution in [-0.2, 0) is 13.0 Å². The van der Waals surface area contributed by atoms with Crippen LogP contribution >= 0.6 is 11.3 Å². The second-order valence-corrected chi connectivity index (χ2v) is 6.10. The van der Waals surface area contributed by atoms with Crippen molar-refractivity contribution >= 4 is 17.3 Å². The minimum Gasteiger partial charge on any atom is -0.477 e. The maximum Gasteiger partial charge on any atom is 0.347 e. The standard InChI is InChI=1S/C15H18N2O2S/c1-9(2)6-12-13(15(18)19)20-14(17-12)11-5-3-4-10(7-11)8-16/h3-5,7,9H,6,8,16H2,1-2H3,(H,18,19). The molecule has 106 valence electrons. The Morgan fingerprint density at radius 1 is 1.45 bits per heavy atom. The van der Waals surface area contributed by atoms with Gasteiger partial charge >= 0.3 is 5.97 Å². The predicted molar refractivity (Wildman–Crippen MR) is 80.9 cm³/mol. The number of carboxylic acid groups (broad SMARTS) is 1. The minimum atomic E-state index is -0.903. The van der Waals surface area contributed by atoms with Crippen LogP contribution in [0.25, 0.3) is 10.6 Å². The van der Waals surface area contributed by atoms with Crippen LogP contribution in [0.5, 0.6) is 0 Å². The lowest BCUT2D eigenvalue weighted by Gasteiger charge is -2.02. The molecule has 4 nitrogen and oxygen atoms in total. The largest absolute Gasteiger partial charge is 0.477 e. The van der Waals surface area contributed by atoms with Gasteiger partial charge < -0.3 is 10.8 Å². The van der Waals surface area contributed by atoms with E-state index in [1.807, 2.05) is 24.3 Å². The molecule has 3 N–H and O–H groups in total. The summed E-state index contributed by atoms with van der Waals surface area (Å²) in [5.74, 6) is -0.530. The van der Waals surface area contributed by atoms with Gasteiger partial charge in [0.2, 0.25) is 0 Å². The summed E-state index contributed by atoms with van der Waals surface area (Å²) in [6.07, 6.45) is 0.675. The first kappa shape index (κ1) is 14.7. The molecular formula is C15H18N2O2S. The third-order valence-corrected chi connectivity index (χ3v) is 4.04. The van der Waals surface area contributed by atoms with Gasteiger partial charge in [0, 0.05) is 12.1 Å². The number of hydrogen-bond acceptors (Lipinski definition) is 4. The normalized spacial score (nSPS) is 11.0. The van der Waals surface area contributed by atoms with Crippen LogP contribution in [0, 0.1) is 5.92 Å². The van der Waals surface area contributed by atoms with Gasteiger partial charge in [-0.25, -0.2) is 9.78 Å². The van der Waals surface area contributed by atoms with E-state index < -0.39 is 5.97 Å². The van der Waals surface area contributed by atoms with Crippen molar-refractivity contribution in [3.05, 3.63) is 40.4 Å². The molecule has 0 fully saturated rings. The van der Waals surface area contributed by atoms with Gasteiger partial charge in [-0.1, -0.05) is 32.0 Å². The van der Waals surface area contributed by atoms with Gasteiger partial charge in [-0.05, 0) is 24.0 Å². The number of nitrogens with two attached hydrogens (primary N) is 1. The number of thiazole rings is 1. The number of aromatic nitrogens is 1. The van der Waals surface area contributed by atoms with Crippen molar-refractivity contribution in [2.75, 3.05) is 0 Å². The zero-order valence-corrected chi connectivity index (χ0v) is 12.4. The van der Waals surface area contributed by atoms with Gasteiger partial charge in [0.25, 0.3) is 0 Å². The molecule has 0 aliphatic carbocycles. The Kier molecular flexibility index (Phi) is 4.52. The number of carboxylic acids is 1. The summed E-state index contributed by atoms with van der Waals surface area (Å²) in [6, 6.07) is 7.76. The Morgan fingerprint density at radius 2 is 2.20 bits per heavy atom. The molecule has 5 heteroatoms. The van der Waals surface area contributed by atoms with E-state index in [-0.39, 0.29) is 0 Å². The molecular weight excluding hydrogens is 272 g/mol. The average Bonchev–Trinajstić information content (AvgIpc) is 2.82. The minimum absolute atomic E-state index is 0.340. The van der Waals surface area contributed by atoms with Crippen LogP contribution in [0.2, 0.25) is 0 Å². The average molecular weight is 290 g/mol. The number of carbonyl (C=O) groups is 1. The first-order valence-electron chi connectivity index (χ1n) is 6.53. The number of hydrogen-bond donors (Lipinski definition) is 2. The first-order chi connectivity index (χ1) is 9.51. The van der Waals surface area contributed by atoms with Crippen molar-refractivity contribution in [1.82, 2.24) is 4.98 Å². The molecule has 2 aromatic rings. The number of nitrogens with zero attached hydrogens (tertiary/aromatic N) is 1. The molecule has 0 aliphatic heterocycles. The summed E-state index contributed by atoms with van der Waals surface area (Å²) in [4.78, 5) is 16.2. The third-order valence-electron chi connectivity index (χ3n) is 2.90. The van der Waals surface area contributed by atoms with Gasteiger partial charge in [-0.2, -0.15) is 0 Å². The number of aromatic carboxylic acids is 1. The van der Waals surface area contributed by atoms with Crippen molar-refractivity contribution in [2.45, 2.75) is 26.8 Å². The fourth-order valence-corrected chi connectivity index (χ4v) is 2.93. The second kappa shape index (κ2) is 6.15. The maximum atomic E-state index is 11.3. The van der Waals surface area contributed by atoms with Crippen molar-refractivity contribution in [3.8, 4) is 10.6 Å². The van der Waals surface area contributed by atoms with Gasteiger partial charge in [0.05, 0.1) is 5.69 Å². The highest BCUT2D eigenvalue weighted by molar-refractivity contribution is 7.17. The van der Waals surface area contributed by atoms with Crippen molar-refractivity contribution in [1.29, 1.82) is 0 Å². The lowest BCUT2D eigenvalue weighted by molar-refractivity contribution is 0.0700. The summed E-state index contributed by atoms with van der Waals surface area (Å²) in [5, 5.41) is 10.0. The molecule has 0 aliphatic rings. The van der Waals surface area contributed by atoms with E-state index in [0.717, 1.165) is 16.1 Å². The van der Waals surface area contributed by atoms with E-state index in [9.17, 15) is 9.90 Å². The fraction of sp³-hybridized carbons (Fsp3) is 0.333. The van der Waals surface area contributed by atoms with E-state index in [0.29, 0.717) is 29.5 Å². The van der Waals surface area contributed by atoms with Crippen LogP contribution in [-0.4, -0.2) is 16.1 Å². The Hall–Kier alpha value is -1.72. The number of benzene rings is 1. The number of rotatable bonds is 5. The highest BCUT2D eigenvalue weighted by Crippen LogP contribution is 2.30. The lowest BCUT2D eigenvalue weighted by Crippen LogP contribution is -2.02. The van der Waals surface area contributed by atoms with E-state index in [4.69, 9.17) is 5.73 Å². The first-order valence-corrected chi connectivity index (χ1v) is 7.35. The van der Waals surface area contributed by atoms with Gasteiger partial charge in [-0.3, -0.25) is 0 Å². The molecule has 0 spiro atoms. The van der Waals surface area contributed by atoms with Crippen LogP contribution in [0.1, 0.15) is 34.8 Å². The molecule has 1 aromatic carbocycles. The Morgan fingerprint density at radius 3 is 2.80 bits per heavy atom. The smallest absolute Gasteiger partial charge is 0.347 e. The van der Waals surface area contributed by atoms with Crippen LogP contribution < -0.4 is 5.73 Å². The Labute approximate surface area is 122 Å².